The zero-order chi connectivity index (χ0) is 14.3. The van der Waals surface area contributed by atoms with Crippen molar-refractivity contribution in [2.75, 3.05) is 0 Å². The van der Waals surface area contributed by atoms with Gasteiger partial charge in [-0.2, -0.15) is 11.3 Å². The van der Waals surface area contributed by atoms with Crippen molar-refractivity contribution < 1.29 is 0 Å². The molecule has 2 atom stereocenters. The predicted octanol–water partition coefficient (Wildman–Crippen LogP) is 3.65. The molecule has 0 aliphatic heterocycles. The largest absolute Gasteiger partial charge is 0.326 e. The number of fused-ring (bicyclic) bond motifs is 1. The zero-order valence-corrected chi connectivity index (χ0v) is 12.8. The lowest BCUT2D eigenvalue weighted by Gasteiger charge is -2.22. The van der Waals surface area contributed by atoms with Gasteiger partial charge < -0.3 is 10.3 Å². The zero-order valence-electron chi connectivity index (χ0n) is 12.0. The van der Waals surface area contributed by atoms with Gasteiger partial charge >= 0.3 is 0 Å². The van der Waals surface area contributed by atoms with Crippen LogP contribution in [0.2, 0.25) is 0 Å². The van der Waals surface area contributed by atoms with Gasteiger partial charge in [-0.1, -0.05) is 0 Å². The molecular weight excluding hydrogens is 266 g/mol. The summed E-state index contributed by atoms with van der Waals surface area (Å²) in [7, 11) is 0. The Morgan fingerprint density at radius 1 is 1.25 bits per heavy atom. The van der Waals surface area contributed by atoms with Crippen LogP contribution < -0.4 is 5.73 Å². The summed E-state index contributed by atoms with van der Waals surface area (Å²) in [5.41, 5.74) is 12.2. The number of thiophene rings is 1. The van der Waals surface area contributed by atoms with Crippen molar-refractivity contribution in [3.63, 3.8) is 0 Å². The van der Waals surface area contributed by atoms with Crippen LogP contribution in [0.1, 0.15) is 29.7 Å². The molecule has 3 aromatic rings. The molecule has 3 rings (SSSR count). The molecule has 4 heteroatoms. The number of aryl methyl sites for hydroxylation is 2. The van der Waals surface area contributed by atoms with E-state index < -0.39 is 0 Å². The van der Waals surface area contributed by atoms with E-state index >= 15 is 0 Å². The first kappa shape index (κ1) is 13.3. The monoisotopic (exact) mass is 285 g/mol. The highest BCUT2D eigenvalue weighted by Crippen LogP contribution is 2.28. The molecule has 20 heavy (non-hydrogen) atoms. The van der Waals surface area contributed by atoms with E-state index in [0.29, 0.717) is 0 Å². The average molecular weight is 285 g/mol. The summed E-state index contributed by atoms with van der Waals surface area (Å²) in [4.78, 5) is 4.54. The normalized spacial score (nSPS) is 14.6. The maximum atomic E-state index is 6.23. The van der Waals surface area contributed by atoms with Crippen molar-refractivity contribution >= 4 is 22.4 Å². The van der Waals surface area contributed by atoms with Gasteiger partial charge in [0.25, 0.3) is 0 Å². The van der Waals surface area contributed by atoms with E-state index in [2.05, 4.69) is 59.3 Å². The molecule has 0 bridgehead atoms. The molecule has 2 unspecified atom stereocenters. The number of nitrogens with two attached hydrogens (primary N) is 1. The standard InChI is InChI=1S/C16H19N3S/c1-10-6-14-15(7-11(10)2)19(9-18-14)16(12(3)17)13-4-5-20-8-13/h4-9,12,16H,17H2,1-3H3. The Bertz CT molecular complexity index is 726. The molecule has 3 nitrogen and oxygen atoms in total. The van der Waals surface area contributed by atoms with Crippen LogP contribution in [0, 0.1) is 13.8 Å². The van der Waals surface area contributed by atoms with Crippen molar-refractivity contribution in [2.24, 2.45) is 5.73 Å². The Hall–Kier alpha value is -1.65. The molecule has 0 aliphatic rings. The quantitative estimate of drug-likeness (QED) is 0.798. The molecule has 0 saturated carbocycles. The van der Waals surface area contributed by atoms with Gasteiger partial charge in [0.1, 0.15) is 0 Å². The third-order valence-corrected chi connectivity index (χ3v) is 4.57. The smallest absolute Gasteiger partial charge is 0.0964 e. The Kier molecular flexibility index (Phi) is 3.36. The molecule has 0 aliphatic carbocycles. The minimum absolute atomic E-state index is 0.0311. The Morgan fingerprint density at radius 2 is 2.00 bits per heavy atom. The lowest BCUT2D eigenvalue weighted by atomic mass is 10.0. The second kappa shape index (κ2) is 5.04. The first-order valence-electron chi connectivity index (χ1n) is 6.79. The fourth-order valence-electron chi connectivity index (χ4n) is 2.66. The van der Waals surface area contributed by atoms with Crippen LogP contribution >= 0.6 is 11.3 Å². The molecular formula is C16H19N3S. The van der Waals surface area contributed by atoms with E-state index in [1.54, 1.807) is 11.3 Å². The number of hydrogen-bond donors (Lipinski definition) is 1. The average Bonchev–Trinajstić information content (AvgIpc) is 3.02. The number of aromatic nitrogens is 2. The predicted molar refractivity (Wildman–Crippen MR) is 85.3 cm³/mol. The maximum Gasteiger partial charge on any atom is 0.0964 e. The van der Waals surface area contributed by atoms with Crippen LogP contribution in [-0.4, -0.2) is 15.6 Å². The van der Waals surface area contributed by atoms with Gasteiger partial charge in [-0.25, -0.2) is 4.98 Å². The van der Waals surface area contributed by atoms with Crippen LogP contribution in [0.4, 0.5) is 0 Å². The summed E-state index contributed by atoms with van der Waals surface area (Å²) in [5, 5.41) is 4.26. The summed E-state index contributed by atoms with van der Waals surface area (Å²) >= 11 is 1.70. The van der Waals surface area contributed by atoms with E-state index in [0.717, 1.165) is 11.0 Å². The molecule has 0 radical (unpaired) electrons. The first-order chi connectivity index (χ1) is 9.58. The van der Waals surface area contributed by atoms with Gasteiger partial charge in [-0.15, -0.1) is 0 Å². The Morgan fingerprint density at radius 3 is 2.65 bits per heavy atom. The molecule has 0 spiro atoms. The van der Waals surface area contributed by atoms with Gasteiger partial charge in [-0.05, 0) is 66.4 Å². The van der Waals surface area contributed by atoms with Crippen LogP contribution in [0.15, 0.2) is 35.3 Å². The van der Waals surface area contributed by atoms with Crippen LogP contribution in [0.25, 0.3) is 11.0 Å². The highest BCUT2D eigenvalue weighted by molar-refractivity contribution is 7.08. The number of imidazole rings is 1. The van der Waals surface area contributed by atoms with E-state index in [4.69, 9.17) is 5.73 Å². The summed E-state index contributed by atoms with van der Waals surface area (Å²) in [6, 6.07) is 6.66. The Labute approximate surface area is 123 Å². The lowest BCUT2D eigenvalue weighted by Crippen LogP contribution is -2.29. The second-order valence-electron chi connectivity index (χ2n) is 5.44. The number of hydrogen-bond acceptors (Lipinski definition) is 3. The summed E-state index contributed by atoms with van der Waals surface area (Å²) in [6.07, 6.45) is 1.91. The van der Waals surface area contributed by atoms with Crippen molar-refractivity contribution in [1.82, 2.24) is 9.55 Å². The SMILES string of the molecule is Cc1cc2ncn(C(c3ccsc3)C(C)N)c2cc1C. The fraction of sp³-hybridized carbons (Fsp3) is 0.312. The number of nitrogens with zero attached hydrogens (tertiary/aromatic N) is 2. The van der Waals surface area contributed by atoms with Gasteiger partial charge in [0.05, 0.1) is 23.4 Å². The molecule has 0 fully saturated rings. The molecule has 1 aromatic carbocycles. The van der Waals surface area contributed by atoms with Crippen molar-refractivity contribution in [2.45, 2.75) is 32.9 Å². The van der Waals surface area contributed by atoms with Crippen LogP contribution in [0.3, 0.4) is 0 Å². The first-order valence-corrected chi connectivity index (χ1v) is 7.73. The summed E-state index contributed by atoms with van der Waals surface area (Å²) in [5.74, 6) is 0. The van der Waals surface area contributed by atoms with E-state index in [-0.39, 0.29) is 12.1 Å². The second-order valence-corrected chi connectivity index (χ2v) is 6.22. The van der Waals surface area contributed by atoms with Crippen molar-refractivity contribution in [1.29, 1.82) is 0 Å². The topological polar surface area (TPSA) is 43.8 Å². The van der Waals surface area contributed by atoms with Gasteiger partial charge in [0.2, 0.25) is 0 Å². The third kappa shape index (κ3) is 2.15. The molecule has 2 N–H and O–H groups in total. The van der Waals surface area contributed by atoms with E-state index in [9.17, 15) is 0 Å². The van der Waals surface area contributed by atoms with Crippen molar-refractivity contribution in [3.8, 4) is 0 Å². The third-order valence-electron chi connectivity index (χ3n) is 3.87. The van der Waals surface area contributed by atoms with Crippen molar-refractivity contribution in [3.05, 3.63) is 52.0 Å². The van der Waals surface area contributed by atoms with Gasteiger partial charge in [0.15, 0.2) is 0 Å². The number of rotatable bonds is 3. The molecule has 2 heterocycles. The lowest BCUT2D eigenvalue weighted by molar-refractivity contribution is 0.508. The molecule has 104 valence electrons. The molecule has 2 aromatic heterocycles. The highest BCUT2D eigenvalue weighted by atomic mass is 32.1. The molecule has 0 saturated heterocycles. The fourth-order valence-corrected chi connectivity index (χ4v) is 3.35. The minimum atomic E-state index is 0.0311. The summed E-state index contributed by atoms with van der Waals surface area (Å²) in [6.45, 7) is 6.31. The van der Waals surface area contributed by atoms with Gasteiger partial charge in [-0.3, -0.25) is 0 Å². The highest BCUT2D eigenvalue weighted by Gasteiger charge is 2.21. The van der Waals surface area contributed by atoms with Crippen LogP contribution in [-0.2, 0) is 0 Å². The van der Waals surface area contributed by atoms with E-state index in [1.165, 1.54) is 16.7 Å². The molecule has 0 amide bonds. The minimum Gasteiger partial charge on any atom is -0.326 e. The number of benzene rings is 1. The van der Waals surface area contributed by atoms with Crippen LogP contribution in [0.5, 0.6) is 0 Å². The van der Waals surface area contributed by atoms with E-state index in [1.807, 2.05) is 6.33 Å². The maximum absolute atomic E-state index is 6.23. The van der Waals surface area contributed by atoms with Gasteiger partial charge in [0, 0.05) is 6.04 Å². The summed E-state index contributed by atoms with van der Waals surface area (Å²) < 4.78 is 2.20. The Balaban J connectivity index is 2.19.